The van der Waals surface area contributed by atoms with E-state index >= 15 is 0 Å². The van der Waals surface area contributed by atoms with Crippen LogP contribution < -0.4 is 14.8 Å². The van der Waals surface area contributed by atoms with Crippen LogP contribution in [0.2, 0.25) is 0 Å². The van der Waals surface area contributed by atoms with Crippen molar-refractivity contribution in [2.75, 3.05) is 6.79 Å². The Hall–Kier alpha value is -2.24. The molecule has 1 heterocycles. The van der Waals surface area contributed by atoms with Gasteiger partial charge in [0.2, 0.25) is 6.79 Å². The average Bonchev–Trinajstić information content (AvgIpc) is 2.62. The molecule has 2 amide bonds. The maximum atomic E-state index is 11.3. The van der Waals surface area contributed by atoms with Crippen molar-refractivity contribution in [3.63, 3.8) is 0 Å². The van der Waals surface area contributed by atoms with Crippen molar-refractivity contribution in [1.29, 1.82) is 0 Å². The van der Waals surface area contributed by atoms with Gasteiger partial charge in [-0.2, -0.15) is 0 Å². The van der Waals surface area contributed by atoms with Crippen LogP contribution in [0.1, 0.15) is 10.4 Å². The fraction of sp³-hybridized carbons (Fsp3) is 0.111. The molecule has 2 rings (SSSR count). The molecule has 1 aromatic carbocycles. The highest BCUT2D eigenvalue weighted by atomic mass is 16.7. The first-order chi connectivity index (χ1) is 7.16. The molecule has 0 fully saturated rings. The van der Waals surface area contributed by atoms with E-state index in [-0.39, 0.29) is 12.4 Å². The van der Waals surface area contributed by atoms with Crippen LogP contribution in [0.4, 0.5) is 4.79 Å². The Balaban J connectivity index is 2.23. The second kappa shape index (κ2) is 3.49. The van der Waals surface area contributed by atoms with E-state index in [4.69, 9.17) is 14.6 Å². The fourth-order valence-corrected chi connectivity index (χ4v) is 1.21. The van der Waals surface area contributed by atoms with Crippen LogP contribution in [0.15, 0.2) is 18.2 Å². The van der Waals surface area contributed by atoms with Gasteiger partial charge in [0.05, 0.1) is 0 Å². The zero-order valence-electron chi connectivity index (χ0n) is 7.52. The molecule has 0 radical (unpaired) electrons. The topological polar surface area (TPSA) is 84.9 Å². The largest absolute Gasteiger partial charge is 0.465 e. The first kappa shape index (κ1) is 9.32. The monoisotopic (exact) mass is 209 g/mol. The summed E-state index contributed by atoms with van der Waals surface area (Å²) >= 11 is 0. The number of ether oxygens (including phenoxy) is 2. The lowest BCUT2D eigenvalue weighted by Gasteiger charge is -2.01. The van der Waals surface area contributed by atoms with E-state index in [9.17, 15) is 9.59 Å². The number of imide groups is 1. The number of benzene rings is 1. The Bertz CT molecular complexity index is 429. The fourth-order valence-electron chi connectivity index (χ4n) is 1.21. The standard InChI is InChI=1S/C9H7NO5/c11-8(10-9(12)13)5-1-2-6-7(3-5)15-4-14-6/h1-3H,4H2,(H,10,11)(H,12,13). The summed E-state index contributed by atoms with van der Waals surface area (Å²) in [4.78, 5) is 21.5. The number of amides is 2. The molecular weight excluding hydrogens is 202 g/mol. The summed E-state index contributed by atoms with van der Waals surface area (Å²) in [6.45, 7) is 0.110. The molecule has 1 aromatic rings. The molecule has 1 aliphatic heterocycles. The molecule has 0 spiro atoms. The van der Waals surface area contributed by atoms with Crippen LogP contribution >= 0.6 is 0 Å². The van der Waals surface area contributed by atoms with E-state index < -0.39 is 12.0 Å². The van der Waals surface area contributed by atoms with E-state index in [1.807, 2.05) is 0 Å². The Morgan fingerprint density at radius 1 is 1.27 bits per heavy atom. The Kier molecular flexibility index (Phi) is 2.17. The molecule has 0 unspecified atom stereocenters. The van der Waals surface area contributed by atoms with Gasteiger partial charge in [0.1, 0.15) is 0 Å². The number of hydrogen-bond donors (Lipinski definition) is 2. The van der Waals surface area contributed by atoms with Crippen LogP contribution in [0.5, 0.6) is 11.5 Å². The summed E-state index contributed by atoms with van der Waals surface area (Å²) < 4.78 is 10.1. The summed E-state index contributed by atoms with van der Waals surface area (Å²) in [5.41, 5.74) is 0.210. The second-order valence-electron chi connectivity index (χ2n) is 2.83. The Morgan fingerprint density at radius 3 is 2.73 bits per heavy atom. The quantitative estimate of drug-likeness (QED) is 0.715. The molecule has 6 heteroatoms. The van der Waals surface area contributed by atoms with Gasteiger partial charge in [-0.3, -0.25) is 10.1 Å². The van der Waals surface area contributed by atoms with Gasteiger partial charge < -0.3 is 14.6 Å². The van der Waals surface area contributed by atoms with Crippen molar-refractivity contribution in [2.24, 2.45) is 0 Å². The number of carbonyl (C=O) groups is 2. The Morgan fingerprint density at radius 2 is 2.00 bits per heavy atom. The molecule has 2 N–H and O–H groups in total. The van der Waals surface area contributed by atoms with E-state index in [1.54, 1.807) is 11.4 Å². The SMILES string of the molecule is O=C(O)NC(=O)c1ccc2c(c1)OCO2. The number of hydrogen-bond acceptors (Lipinski definition) is 4. The van der Waals surface area contributed by atoms with Crippen molar-refractivity contribution < 1.29 is 24.2 Å². The smallest absolute Gasteiger partial charge is 0.411 e. The minimum atomic E-state index is -1.39. The van der Waals surface area contributed by atoms with Gasteiger partial charge in [0, 0.05) is 5.56 Å². The van der Waals surface area contributed by atoms with Gasteiger partial charge in [-0.1, -0.05) is 0 Å². The summed E-state index contributed by atoms with van der Waals surface area (Å²) in [6, 6.07) is 4.45. The summed E-state index contributed by atoms with van der Waals surface area (Å²) in [5.74, 6) is 0.288. The van der Waals surface area contributed by atoms with Crippen LogP contribution in [0.3, 0.4) is 0 Å². The average molecular weight is 209 g/mol. The predicted molar refractivity (Wildman–Crippen MR) is 48.1 cm³/mol. The normalized spacial score (nSPS) is 12.3. The van der Waals surface area contributed by atoms with Gasteiger partial charge in [-0.25, -0.2) is 4.79 Å². The molecular formula is C9H7NO5. The van der Waals surface area contributed by atoms with Gasteiger partial charge >= 0.3 is 6.09 Å². The molecule has 0 bridgehead atoms. The molecule has 1 aliphatic rings. The third-order valence-corrected chi connectivity index (χ3v) is 1.86. The number of carboxylic acid groups (broad SMARTS) is 1. The van der Waals surface area contributed by atoms with Crippen molar-refractivity contribution in [2.45, 2.75) is 0 Å². The van der Waals surface area contributed by atoms with Crippen LogP contribution in [0.25, 0.3) is 0 Å². The molecule has 0 saturated heterocycles. The van der Waals surface area contributed by atoms with Crippen molar-refractivity contribution >= 4 is 12.0 Å². The zero-order valence-corrected chi connectivity index (χ0v) is 7.52. The minimum Gasteiger partial charge on any atom is -0.465 e. The highest BCUT2D eigenvalue weighted by molar-refractivity contribution is 6.02. The summed E-state index contributed by atoms with van der Waals surface area (Å²) in [6.07, 6.45) is -1.39. The highest BCUT2D eigenvalue weighted by Crippen LogP contribution is 2.32. The zero-order chi connectivity index (χ0) is 10.8. The van der Waals surface area contributed by atoms with E-state index in [0.717, 1.165) is 0 Å². The number of carbonyl (C=O) groups excluding carboxylic acids is 1. The number of rotatable bonds is 1. The molecule has 0 aromatic heterocycles. The minimum absolute atomic E-state index is 0.110. The van der Waals surface area contributed by atoms with E-state index in [2.05, 4.69) is 0 Å². The van der Waals surface area contributed by atoms with Crippen molar-refractivity contribution in [3.8, 4) is 11.5 Å². The predicted octanol–water partition coefficient (Wildman–Crippen LogP) is 0.823. The van der Waals surface area contributed by atoms with Crippen molar-refractivity contribution in [3.05, 3.63) is 23.8 Å². The first-order valence-corrected chi connectivity index (χ1v) is 4.11. The first-order valence-electron chi connectivity index (χ1n) is 4.11. The molecule has 0 aliphatic carbocycles. The molecule has 6 nitrogen and oxygen atoms in total. The van der Waals surface area contributed by atoms with Gasteiger partial charge in [-0.15, -0.1) is 0 Å². The lowest BCUT2D eigenvalue weighted by atomic mass is 10.2. The number of fused-ring (bicyclic) bond motifs is 1. The Labute approximate surface area is 84.4 Å². The lowest BCUT2D eigenvalue weighted by molar-refractivity contribution is 0.0947. The van der Waals surface area contributed by atoms with Crippen LogP contribution in [0, 0.1) is 0 Å². The molecule has 0 saturated carbocycles. The van der Waals surface area contributed by atoms with Gasteiger partial charge in [-0.05, 0) is 18.2 Å². The van der Waals surface area contributed by atoms with Crippen LogP contribution in [-0.2, 0) is 0 Å². The maximum absolute atomic E-state index is 11.3. The maximum Gasteiger partial charge on any atom is 0.411 e. The van der Waals surface area contributed by atoms with Gasteiger partial charge in [0.15, 0.2) is 11.5 Å². The molecule has 78 valence electrons. The summed E-state index contributed by atoms with van der Waals surface area (Å²) in [5, 5.41) is 10.1. The number of nitrogens with one attached hydrogen (secondary N) is 1. The third-order valence-electron chi connectivity index (χ3n) is 1.86. The van der Waals surface area contributed by atoms with Crippen LogP contribution in [-0.4, -0.2) is 23.9 Å². The second-order valence-corrected chi connectivity index (χ2v) is 2.83. The third kappa shape index (κ3) is 1.83. The van der Waals surface area contributed by atoms with Gasteiger partial charge in [0.25, 0.3) is 5.91 Å². The molecule has 15 heavy (non-hydrogen) atoms. The van der Waals surface area contributed by atoms with E-state index in [0.29, 0.717) is 11.5 Å². The molecule has 0 atom stereocenters. The van der Waals surface area contributed by atoms with Crippen molar-refractivity contribution in [1.82, 2.24) is 5.32 Å². The van der Waals surface area contributed by atoms with E-state index in [1.165, 1.54) is 12.1 Å². The highest BCUT2D eigenvalue weighted by Gasteiger charge is 2.16. The lowest BCUT2D eigenvalue weighted by Crippen LogP contribution is -2.28. The summed E-state index contributed by atoms with van der Waals surface area (Å²) in [7, 11) is 0.